The zero-order valence-electron chi connectivity index (χ0n) is 8.14. The fraction of sp³-hybridized carbons (Fsp3) is 0.300. The van der Waals surface area contributed by atoms with Gasteiger partial charge in [0.15, 0.2) is 5.96 Å². The summed E-state index contributed by atoms with van der Waals surface area (Å²) in [5.41, 5.74) is 6.50. The second kappa shape index (κ2) is 5.24. The predicted molar refractivity (Wildman–Crippen MR) is 57.0 cm³/mol. The molecular formula is C10H15N3O. The lowest BCUT2D eigenvalue weighted by atomic mass is 10.1. The summed E-state index contributed by atoms with van der Waals surface area (Å²) in [7, 11) is 1.60. The van der Waals surface area contributed by atoms with Crippen LogP contribution in [0.1, 0.15) is 11.6 Å². The maximum absolute atomic E-state index is 9.15. The Morgan fingerprint density at radius 2 is 2.14 bits per heavy atom. The van der Waals surface area contributed by atoms with Crippen LogP contribution in [0.2, 0.25) is 0 Å². The van der Waals surface area contributed by atoms with Gasteiger partial charge in [-0.15, -0.1) is 0 Å². The fourth-order valence-electron chi connectivity index (χ4n) is 1.16. The van der Waals surface area contributed by atoms with E-state index in [1.54, 1.807) is 7.05 Å². The second-order valence-electron chi connectivity index (χ2n) is 2.90. The Balaban J connectivity index is 2.73. The van der Waals surface area contributed by atoms with Crippen LogP contribution in [0.25, 0.3) is 0 Å². The lowest BCUT2D eigenvalue weighted by molar-refractivity contribution is 0.257. The molecule has 1 rings (SSSR count). The van der Waals surface area contributed by atoms with Crippen molar-refractivity contribution in [1.29, 1.82) is 0 Å². The topological polar surface area (TPSA) is 70.6 Å². The van der Waals surface area contributed by atoms with E-state index in [-0.39, 0.29) is 12.6 Å². The first-order valence-corrected chi connectivity index (χ1v) is 4.42. The number of benzene rings is 1. The molecule has 0 aromatic heterocycles. The third-order valence-electron chi connectivity index (χ3n) is 1.95. The zero-order valence-corrected chi connectivity index (χ0v) is 8.14. The third kappa shape index (κ3) is 2.74. The normalized spacial score (nSPS) is 13.7. The molecule has 0 aliphatic heterocycles. The molecule has 0 heterocycles. The van der Waals surface area contributed by atoms with E-state index in [1.165, 1.54) is 0 Å². The van der Waals surface area contributed by atoms with Crippen LogP contribution in [0.3, 0.4) is 0 Å². The number of nitrogens with one attached hydrogen (secondary N) is 1. The molecular weight excluding hydrogens is 178 g/mol. The van der Waals surface area contributed by atoms with Crippen LogP contribution in [0.15, 0.2) is 35.3 Å². The lowest BCUT2D eigenvalue weighted by Crippen LogP contribution is -2.36. The van der Waals surface area contributed by atoms with Crippen molar-refractivity contribution >= 4 is 5.96 Å². The van der Waals surface area contributed by atoms with E-state index in [1.807, 2.05) is 30.3 Å². The van der Waals surface area contributed by atoms with E-state index in [4.69, 9.17) is 10.8 Å². The quantitative estimate of drug-likeness (QED) is 0.476. The molecule has 0 saturated heterocycles. The number of rotatable bonds is 3. The van der Waals surface area contributed by atoms with E-state index in [2.05, 4.69) is 10.3 Å². The molecule has 0 amide bonds. The first kappa shape index (κ1) is 10.5. The van der Waals surface area contributed by atoms with Gasteiger partial charge in [0.2, 0.25) is 0 Å². The van der Waals surface area contributed by atoms with Gasteiger partial charge in [-0.05, 0) is 5.56 Å². The number of aliphatic hydroxyl groups is 1. The van der Waals surface area contributed by atoms with E-state index in [0.717, 1.165) is 5.56 Å². The summed E-state index contributed by atoms with van der Waals surface area (Å²) in [5, 5.41) is 12.1. The molecule has 76 valence electrons. The minimum Gasteiger partial charge on any atom is -0.394 e. The summed E-state index contributed by atoms with van der Waals surface area (Å²) in [6, 6.07) is 9.42. The standard InChI is InChI=1S/C10H15N3O/c1-12-10(11)13-9(7-14)8-5-3-2-4-6-8/h2-6,9,14H,7H2,1H3,(H3,11,12,13). The summed E-state index contributed by atoms with van der Waals surface area (Å²) in [6.45, 7) is -0.0137. The monoisotopic (exact) mass is 193 g/mol. The van der Waals surface area contributed by atoms with E-state index < -0.39 is 0 Å². The summed E-state index contributed by atoms with van der Waals surface area (Å²) in [5.74, 6) is 0.327. The van der Waals surface area contributed by atoms with Crippen molar-refractivity contribution < 1.29 is 5.11 Å². The van der Waals surface area contributed by atoms with Crippen LogP contribution in [-0.4, -0.2) is 24.7 Å². The molecule has 0 radical (unpaired) electrons. The van der Waals surface area contributed by atoms with E-state index in [0.29, 0.717) is 5.96 Å². The Morgan fingerprint density at radius 1 is 1.50 bits per heavy atom. The maximum atomic E-state index is 9.15. The Kier molecular flexibility index (Phi) is 3.94. The minimum absolute atomic E-state index is 0.0137. The molecule has 1 aromatic rings. The number of nitrogens with two attached hydrogens (primary N) is 1. The van der Waals surface area contributed by atoms with Gasteiger partial charge >= 0.3 is 0 Å². The Hall–Kier alpha value is -1.55. The van der Waals surface area contributed by atoms with Crippen molar-refractivity contribution in [1.82, 2.24) is 5.32 Å². The van der Waals surface area contributed by atoms with Crippen LogP contribution >= 0.6 is 0 Å². The van der Waals surface area contributed by atoms with Crippen molar-refractivity contribution in [2.45, 2.75) is 6.04 Å². The second-order valence-corrected chi connectivity index (χ2v) is 2.90. The van der Waals surface area contributed by atoms with Crippen LogP contribution in [-0.2, 0) is 0 Å². The van der Waals surface area contributed by atoms with Gasteiger partial charge in [-0.2, -0.15) is 0 Å². The maximum Gasteiger partial charge on any atom is 0.188 e. The van der Waals surface area contributed by atoms with Crippen LogP contribution in [0.4, 0.5) is 0 Å². The number of nitrogens with zero attached hydrogens (tertiary/aromatic N) is 1. The average Bonchev–Trinajstić information content (AvgIpc) is 2.26. The highest BCUT2D eigenvalue weighted by Crippen LogP contribution is 2.10. The molecule has 4 nitrogen and oxygen atoms in total. The smallest absolute Gasteiger partial charge is 0.188 e. The molecule has 0 aliphatic carbocycles. The van der Waals surface area contributed by atoms with Gasteiger partial charge in [-0.1, -0.05) is 30.3 Å². The first-order valence-electron chi connectivity index (χ1n) is 4.42. The van der Waals surface area contributed by atoms with Gasteiger partial charge in [0.25, 0.3) is 0 Å². The van der Waals surface area contributed by atoms with Gasteiger partial charge in [-0.25, -0.2) is 0 Å². The number of aliphatic imine (C=N–C) groups is 1. The third-order valence-corrected chi connectivity index (χ3v) is 1.95. The summed E-state index contributed by atoms with van der Waals surface area (Å²) in [6.07, 6.45) is 0. The highest BCUT2D eigenvalue weighted by Gasteiger charge is 2.09. The molecule has 1 unspecified atom stereocenters. The van der Waals surface area contributed by atoms with Crippen LogP contribution in [0.5, 0.6) is 0 Å². The number of hydrogen-bond acceptors (Lipinski definition) is 2. The minimum atomic E-state index is -0.195. The van der Waals surface area contributed by atoms with Gasteiger partial charge in [0, 0.05) is 7.05 Å². The van der Waals surface area contributed by atoms with Crippen molar-refractivity contribution in [2.75, 3.05) is 13.7 Å². The van der Waals surface area contributed by atoms with Crippen molar-refractivity contribution in [3.05, 3.63) is 35.9 Å². The predicted octanol–water partition coefficient (Wildman–Crippen LogP) is 0.254. The molecule has 1 aromatic carbocycles. The molecule has 0 spiro atoms. The molecule has 0 aliphatic rings. The van der Waals surface area contributed by atoms with E-state index in [9.17, 15) is 0 Å². The number of hydrogen-bond donors (Lipinski definition) is 3. The Labute approximate surface area is 83.5 Å². The largest absolute Gasteiger partial charge is 0.394 e. The molecule has 0 saturated carbocycles. The van der Waals surface area contributed by atoms with Crippen molar-refractivity contribution in [3.8, 4) is 0 Å². The summed E-state index contributed by atoms with van der Waals surface area (Å²) >= 11 is 0. The first-order chi connectivity index (χ1) is 6.77. The SMILES string of the molecule is CN=C(N)NC(CO)c1ccccc1. The molecule has 0 bridgehead atoms. The molecule has 1 atom stereocenters. The number of aliphatic hydroxyl groups excluding tert-OH is 1. The summed E-state index contributed by atoms with van der Waals surface area (Å²) < 4.78 is 0. The number of guanidine groups is 1. The van der Waals surface area contributed by atoms with Crippen molar-refractivity contribution in [3.63, 3.8) is 0 Å². The molecule has 14 heavy (non-hydrogen) atoms. The Morgan fingerprint density at radius 3 is 2.64 bits per heavy atom. The fourth-order valence-corrected chi connectivity index (χ4v) is 1.16. The van der Waals surface area contributed by atoms with Crippen LogP contribution < -0.4 is 11.1 Å². The summed E-state index contributed by atoms with van der Waals surface area (Å²) in [4.78, 5) is 3.77. The molecule has 4 heteroatoms. The lowest BCUT2D eigenvalue weighted by Gasteiger charge is -2.16. The van der Waals surface area contributed by atoms with E-state index >= 15 is 0 Å². The van der Waals surface area contributed by atoms with Gasteiger partial charge in [0.1, 0.15) is 0 Å². The molecule has 4 N–H and O–H groups in total. The Bertz CT molecular complexity index is 297. The van der Waals surface area contributed by atoms with Gasteiger partial charge < -0.3 is 16.2 Å². The molecule has 0 fully saturated rings. The highest BCUT2D eigenvalue weighted by atomic mass is 16.3. The van der Waals surface area contributed by atoms with Crippen molar-refractivity contribution in [2.24, 2.45) is 10.7 Å². The zero-order chi connectivity index (χ0) is 10.4. The van der Waals surface area contributed by atoms with Crippen LogP contribution in [0, 0.1) is 0 Å². The average molecular weight is 193 g/mol. The van der Waals surface area contributed by atoms with Gasteiger partial charge in [-0.3, -0.25) is 4.99 Å². The highest BCUT2D eigenvalue weighted by molar-refractivity contribution is 5.78. The van der Waals surface area contributed by atoms with Gasteiger partial charge in [0.05, 0.1) is 12.6 Å².